The number of carbonyl (C=O) groups is 2. The third-order valence-corrected chi connectivity index (χ3v) is 11.4. The van der Waals surface area contributed by atoms with E-state index in [2.05, 4.69) is 4.90 Å². The van der Waals surface area contributed by atoms with Crippen LogP contribution in [0.1, 0.15) is 42.4 Å². The Kier molecular flexibility index (Phi) is 9.73. The number of benzene rings is 3. The number of sulfonamides is 1. The van der Waals surface area contributed by atoms with Crippen LogP contribution in [0.3, 0.4) is 0 Å². The van der Waals surface area contributed by atoms with Crippen molar-refractivity contribution in [1.82, 2.24) is 14.7 Å². The topological polar surface area (TPSA) is 118 Å². The van der Waals surface area contributed by atoms with Crippen molar-refractivity contribution in [3.63, 3.8) is 0 Å². The molecular weight excluding hydrogens is 672 g/mol. The Morgan fingerprint density at radius 2 is 1.63 bits per heavy atom. The number of halogens is 1. The second-order valence-electron chi connectivity index (χ2n) is 12.5. The van der Waals surface area contributed by atoms with E-state index in [9.17, 15) is 13.2 Å². The first-order valence-corrected chi connectivity index (χ1v) is 18.0. The Balaban J connectivity index is 1.60. The maximum absolute atomic E-state index is 15.5. The molecule has 12 nitrogen and oxygen atoms in total. The first-order valence-electron chi connectivity index (χ1n) is 16.1. The molecule has 2 fully saturated rings. The Bertz CT molecular complexity index is 1870. The van der Waals surface area contributed by atoms with Gasteiger partial charge >= 0.3 is 6.09 Å². The molecule has 6 rings (SSSR count). The molecule has 3 aromatic carbocycles. The van der Waals surface area contributed by atoms with E-state index in [1.807, 2.05) is 18.2 Å². The molecule has 2 saturated heterocycles. The van der Waals surface area contributed by atoms with Gasteiger partial charge in [-0.15, -0.1) is 0 Å². The SMILES string of the molecule is COc1ccc(S(=O)(=O)N2C(=O)C(c3ccc(CN4CCCC4)cc3OC)(N3CCC[C@@H]3OC(=O)N(C)C)c3cc(Cl)ccc32)c(OC)c1. The van der Waals surface area contributed by atoms with Gasteiger partial charge in [0.1, 0.15) is 22.1 Å². The Hall–Kier alpha value is -4.04. The van der Waals surface area contributed by atoms with Crippen LogP contribution in [0.2, 0.25) is 5.02 Å². The molecule has 3 aliphatic heterocycles. The van der Waals surface area contributed by atoms with Crippen molar-refractivity contribution < 1.29 is 37.0 Å². The zero-order valence-electron chi connectivity index (χ0n) is 28.3. The molecular formula is C35H41ClN4O8S. The van der Waals surface area contributed by atoms with E-state index in [1.54, 1.807) is 31.1 Å². The number of methoxy groups -OCH3 is 3. The lowest BCUT2D eigenvalue weighted by atomic mass is 9.81. The molecule has 3 heterocycles. The standard InChI is InChI=1S/C35H41ClN4O8S/c1-37(2)34(42)48-32-9-8-18-39(32)35(26-13-10-23(19-29(26)46-4)22-38-16-6-7-17-38)27-20-24(36)11-14-28(27)40(33(35)41)49(43,44)31-15-12-25(45-3)21-30(31)47-5/h10-15,19-21,32H,6-9,16-18,22H2,1-5H3/t32-,35?/m0/s1. The van der Waals surface area contributed by atoms with Gasteiger partial charge in [0, 0.05) is 49.4 Å². The lowest BCUT2D eigenvalue weighted by Gasteiger charge is -2.41. The molecule has 0 bridgehead atoms. The van der Waals surface area contributed by atoms with Gasteiger partial charge in [-0.3, -0.25) is 9.69 Å². The summed E-state index contributed by atoms with van der Waals surface area (Å²) in [6.07, 6.45) is 1.79. The monoisotopic (exact) mass is 712 g/mol. The minimum Gasteiger partial charge on any atom is -0.497 e. The number of fused-ring (bicyclic) bond motifs is 1. The molecule has 0 aliphatic carbocycles. The molecule has 0 aromatic heterocycles. The number of hydrogen-bond acceptors (Lipinski definition) is 10. The molecule has 0 radical (unpaired) electrons. The van der Waals surface area contributed by atoms with Crippen LogP contribution in [0.15, 0.2) is 59.5 Å². The minimum atomic E-state index is -4.62. The van der Waals surface area contributed by atoms with Crippen LogP contribution < -0.4 is 18.5 Å². The maximum Gasteiger partial charge on any atom is 0.410 e. The van der Waals surface area contributed by atoms with Gasteiger partial charge in [0.05, 0.1) is 27.0 Å². The number of carbonyl (C=O) groups excluding carboxylic acids is 2. The predicted molar refractivity (Wildman–Crippen MR) is 184 cm³/mol. The quantitative estimate of drug-likeness (QED) is 0.282. The molecule has 2 atom stereocenters. The van der Waals surface area contributed by atoms with Gasteiger partial charge < -0.3 is 23.8 Å². The smallest absolute Gasteiger partial charge is 0.410 e. The average molecular weight is 713 g/mol. The molecule has 0 spiro atoms. The van der Waals surface area contributed by atoms with Crippen LogP contribution in [0.5, 0.6) is 17.2 Å². The normalized spacial score (nSPS) is 21.1. The van der Waals surface area contributed by atoms with Crippen molar-refractivity contribution >= 4 is 39.3 Å². The summed E-state index contributed by atoms with van der Waals surface area (Å²) < 4.78 is 53.1. The van der Waals surface area contributed by atoms with Gasteiger partial charge in [-0.1, -0.05) is 23.7 Å². The summed E-state index contributed by atoms with van der Waals surface area (Å²) in [5.41, 5.74) is -0.00239. The summed E-state index contributed by atoms with van der Waals surface area (Å²) in [5.74, 6) is -0.0164. The van der Waals surface area contributed by atoms with Gasteiger partial charge in [-0.05, 0) is 80.7 Å². The fourth-order valence-corrected chi connectivity index (χ4v) is 8.93. The lowest BCUT2D eigenvalue weighted by molar-refractivity contribution is -0.132. The number of amides is 2. The summed E-state index contributed by atoms with van der Waals surface area (Å²) in [5, 5.41) is 0.294. The summed E-state index contributed by atoms with van der Waals surface area (Å²) in [6, 6.07) is 14.6. The number of nitrogens with zero attached hydrogens (tertiary/aromatic N) is 4. The second-order valence-corrected chi connectivity index (χ2v) is 14.7. The van der Waals surface area contributed by atoms with E-state index in [0.29, 0.717) is 53.6 Å². The number of likely N-dealkylation sites (tertiary alicyclic amines) is 2. The molecule has 3 aromatic rings. The Labute approximate surface area is 292 Å². The molecule has 1 unspecified atom stereocenters. The second kappa shape index (κ2) is 13.7. The number of ether oxygens (including phenoxy) is 4. The lowest BCUT2D eigenvalue weighted by Crippen LogP contribution is -2.57. The molecule has 3 aliphatic rings. The number of hydrogen-bond donors (Lipinski definition) is 0. The highest BCUT2D eigenvalue weighted by Gasteiger charge is 2.63. The molecule has 0 saturated carbocycles. The predicted octanol–water partition coefficient (Wildman–Crippen LogP) is 5.06. The molecule has 0 N–H and O–H groups in total. The van der Waals surface area contributed by atoms with Crippen molar-refractivity contribution in [3.8, 4) is 17.2 Å². The Morgan fingerprint density at radius 3 is 2.31 bits per heavy atom. The van der Waals surface area contributed by atoms with Crippen LogP contribution >= 0.6 is 11.6 Å². The third-order valence-electron chi connectivity index (χ3n) is 9.44. The van der Waals surface area contributed by atoms with Crippen LogP contribution in [-0.4, -0.2) is 96.4 Å². The van der Waals surface area contributed by atoms with Crippen molar-refractivity contribution in [2.45, 2.75) is 48.9 Å². The van der Waals surface area contributed by atoms with Gasteiger partial charge in [0.15, 0.2) is 11.8 Å². The average Bonchev–Trinajstić information content (AvgIpc) is 3.83. The molecule has 49 heavy (non-hydrogen) atoms. The van der Waals surface area contributed by atoms with Crippen LogP contribution in [0.4, 0.5) is 10.5 Å². The highest BCUT2D eigenvalue weighted by atomic mass is 35.5. The van der Waals surface area contributed by atoms with E-state index in [4.69, 9.17) is 30.5 Å². The first kappa shape index (κ1) is 34.8. The van der Waals surface area contributed by atoms with Crippen LogP contribution in [0.25, 0.3) is 0 Å². The Morgan fingerprint density at radius 1 is 0.898 bits per heavy atom. The van der Waals surface area contributed by atoms with Crippen LogP contribution in [-0.2, 0) is 31.6 Å². The van der Waals surface area contributed by atoms with Gasteiger partial charge in [0.2, 0.25) is 0 Å². The van der Waals surface area contributed by atoms with Crippen molar-refractivity contribution in [2.75, 3.05) is 59.4 Å². The van der Waals surface area contributed by atoms with E-state index in [0.717, 1.165) is 35.8 Å². The molecule has 262 valence electrons. The fraction of sp³-hybridized carbons (Fsp3) is 0.429. The van der Waals surface area contributed by atoms with Gasteiger partial charge in [-0.25, -0.2) is 22.4 Å². The van der Waals surface area contributed by atoms with E-state index >= 15 is 4.79 Å². The summed E-state index contributed by atoms with van der Waals surface area (Å²) in [7, 11) is 2.86. The number of rotatable bonds is 10. The zero-order chi connectivity index (χ0) is 35.1. The van der Waals surface area contributed by atoms with Crippen molar-refractivity contribution in [1.29, 1.82) is 0 Å². The van der Waals surface area contributed by atoms with E-state index in [1.165, 1.54) is 50.5 Å². The molecule has 14 heteroatoms. The van der Waals surface area contributed by atoms with Crippen molar-refractivity contribution in [3.05, 3.63) is 76.3 Å². The summed E-state index contributed by atoms with van der Waals surface area (Å²) >= 11 is 6.65. The maximum atomic E-state index is 15.5. The minimum absolute atomic E-state index is 0.00275. The molecule has 2 amide bonds. The van der Waals surface area contributed by atoms with Crippen molar-refractivity contribution in [2.24, 2.45) is 0 Å². The summed E-state index contributed by atoms with van der Waals surface area (Å²) in [4.78, 5) is 33.7. The summed E-state index contributed by atoms with van der Waals surface area (Å²) in [6.45, 7) is 2.99. The highest BCUT2D eigenvalue weighted by Crippen LogP contribution is 2.55. The van der Waals surface area contributed by atoms with Gasteiger partial charge in [-0.2, -0.15) is 0 Å². The van der Waals surface area contributed by atoms with E-state index in [-0.39, 0.29) is 16.3 Å². The fourth-order valence-electron chi connectivity index (χ4n) is 7.16. The third kappa shape index (κ3) is 5.96. The number of anilines is 1. The largest absolute Gasteiger partial charge is 0.497 e. The highest BCUT2D eigenvalue weighted by molar-refractivity contribution is 7.93. The van der Waals surface area contributed by atoms with Crippen LogP contribution in [0, 0.1) is 0 Å². The zero-order valence-corrected chi connectivity index (χ0v) is 29.8. The van der Waals surface area contributed by atoms with Gasteiger partial charge in [0.25, 0.3) is 15.9 Å². The first-order chi connectivity index (χ1) is 23.5. The van der Waals surface area contributed by atoms with E-state index < -0.39 is 33.8 Å².